The Labute approximate surface area is 170 Å². The molecule has 0 atom stereocenters. The third kappa shape index (κ3) is 5.76. The van der Waals surface area contributed by atoms with Crippen LogP contribution in [0.5, 0.6) is 11.5 Å². The predicted molar refractivity (Wildman–Crippen MR) is 103 cm³/mol. The van der Waals surface area contributed by atoms with Gasteiger partial charge in [0, 0.05) is 17.3 Å². The first-order valence-corrected chi connectivity index (χ1v) is 8.97. The minimum Gasteiger partial charge on any atom is -0.489 e. The first kappa shape index (κ1) is 21.2. The maximum atomic E-state index is 12.4. The highest BCUT2D eigenvalue weighted by Gasteiger charge is 2.28. The van der Waals surface area contributed by atoms with Gasteiger partial charge in [0.15, 0.2) is 6.61 Å². The molecule has 1 amide bonds. The molecule has 1 heterocycles. The zero-order valence-electron chi connectivity index (χ0n) is 16.2. The Morgan fingerprint density at radius 2 is 1.80 bits per heavy atom. The third-order valence-electron chi connectivity index (χ3n) is 4.18. The number of anilines is 1. The molecule has 30 heavy (non-hydrogen) atoms. The number of hydrogen-bond donors (Lipinski definition) is 1. The van der Waals surface area contributed by atoms with Crippen LogP contribution in [-0.2, 0) is 6.61 Å². The first-order valence-electron chi connectivity index (χ1n) is 8.97. The van der Waals surface area contributed by atoms with Crippen molar-refractivity contribution in [1.29, 1.82) is 0 Å². The molecule has 0 saturated heterocycles. The van der Waals surface area contributed by atoms with Crippen LogP contribution in [0.15, 0.2) is 53.1 Å². The zero-order valence-corrected chi connectivity index (χ0v) is 16.2. The number of benzene rings is 2. The molecule has 0 aliphatic rings. The van der Waals surface area contributed by atoms with E-state index in [9.17, 15) is 18.0 Å². The Morgan fingerprint density at radius 1 is 1.07 bits per heavy atom. The lowest BCUT2D eigenvalue weighted by Gasteiger charge is -2.11. The van der Waals surface area contributed by atoms with E-state index in [0.717, 1.165) is 11.3 Å². The molecule has 2 aromatic carbocycles. The maximum Gasteiger partial charge on any atom is 0.422 e. The van der Waals surface area contributed by atoms with Gasteiger partial charge in [-0.1, -0.05) is 11.2 Å². The van der Waals surface area contributed by atoms with Crippen molar-refractivity contribution in [2.75, 3.05) is 11.9 Å². The Kier molecular flexibility index (Phi) is 6.29. The van der Waals surface area contributed by atoms with Gasteiger partial charge in [0.05, 0.1) is 11.3 Å². The lowest BCUT2D eigenvalue weighted by Crippen LogP contribution is -2.19. The number of hydrogen-bond acceptors (Lipinski definition) is 5. The van der Waals surface area contributed by atoms with Crippen LogP contribution in [0.2, 0.25) is 0 Å². The Bertz CT molecular complexity index is 994. The SMILES string of the molecule is Cc1noc(C)c1COc1ccc(C(=O)Nc2cccc(OCC(F)(F)F)c2)cc1. The number of nitrogens with zero attached hydrogens (tertiary/aromatic N) is 1. The Morgan fingerprint density at radius 3 is 2.43 bits per heavy atom. The van der Waals surface area contributed by atoms with Crippen LogP contribution in [0.4, 0.5) is 18.9 Å². The van der Waals surface area contributed by atoms with Crippen LogP contribution in [0.1, 0.15) is 27.4 Å². The number of ether oxygens (including phenoxy) is 2. The molecular weight excluding hydrogens is 401 g/mol. The summed E-state index contributed by atoms with van der Waals surface area (Å²) in [5.41, 5.74) is 2.30. The molecule has 0 aliphatic carbocycles. The van der Waals surface area contributed by atoms with Crippen molar-refractivity contribution in [3.8, 4) is 11.5 Å². The largest absolute Gasteiger partial charge is 0.489 e. The van der Waals surface area contributed by atoms with Crippen LogP contribution in [0.3, 0.4) is 0 Å². The van der Waals surface area contributed by atoms with Crippen molar-refractivity contribution < 1.29 is 32.0 Å². The highest BCUT2D eigenvalue weighted by Crippen LogP contribution is 2.22. The predicted octanol–water partition coefficient (Wildman–Crippen LogP) is 5.06. The molecule has 0 radical (unpaired) electrons. The number of nitrogens with one attached hydrogen (secondary N) is 1. The van der Waals surface area contributed by atoms with Crippen LogP contribution in [0, 0.1) is 13.8 Å². The Balaban J connectivity index is 1.58. The van der Waals surface area contributed by atoms with Gasteiger partial charge in [-0.15, -0.1) is 0 Å². The number of aryl methyl sites for hydroxylation is 2. The van der Waals surface area contributed by atoms with E-state index in [1.54, 1.807) is 37.3 Å². The second kappa shape index (κ2) is 8.89. The molecule has 1 aromatic heterocycles. The van der Waals surface area contributed by atoms with Gasteiger partial charge >= 0.3 is 6.18 Å². The van der Waals surface area contributed by atoms with Crippen LogP contribution in [-0.4, -0.2) is 23.8 Å². The summed E-state index contributed by atoms with van der Waals surface area (Å²) in [6.07, 6.45) is -4.44. The van der Waals surface area contributed by atoms with Crippen molar-refractivity contribution in [2.24, 2.45) is 0 Å². The lowest BCUT2D eigenvalue weighted by molar-refractivity contribution is -0.153. The molecule has 0 spiro atoms. The smallest absolute Gasteiger partial charge is 0.422 e. The van der Waals surface area contributed by atoms with E-state index >= 15 is 0 Å². The van der Waals surface area contributed by atoms with Gasteiger partial charge in [0.1, 0.15) is 23.9 Å². The molecule has 158 valence electrons. The van der Waals surface area contributed by atoms with Gasteiger partial charge in [-0.05, 0) is 50.2 Å². The van der Waals surface area contributed by atoms with Gasteiger partial charge in [-0.25, -0.2) is 0 Å². The summed E-state index contributed by atoms with van der Waals surface area (Å²) in [6.45, 7) is 2.51. The van der Waals surface area contributed by atoms with E-state index in [0.29, 0.717) is 22.8 Å². The molecule has 0 fully saturated rings. The zero-order chi connectivity index (χ0) is 21.7. The minimum absolute atomic E-state index is 0.00759. The fourth-order valence-electron chi connectivity index (χ4n) is 2.60. The van der Waals surface area contributed by atoms with Crippen molar-refractivity contribution >= 4 is 11.6 Å². The van der Waals surface area contributed by atoms with Gasteiger partial charge < -0.3 is 19.3 Å². The van der Waals surface area contributed by atoms with Gasteiger partial charge in [0.2, 0.25) is 0 Å². The number of amides is 1. The monoisotopic (exact) mass is 420 g/mol. The van der Waals surface area contributed by atoms with Crippen LogP contribution < -0.4 is 14.8 Å². The number of rotatable bonds is 7. The fraction of sp³-hybridized carbons (Fsp3) is 0.238. The summed E-state index contributed by atoms with van der Waals surface area (Å²) in [4.78, 5) is 12.4. The first-order chi connectivity index (χ1) is 14.2. The molecule has 0 bridgehead atoms. The summed E-state index contributed by atoms with van der Waals surface area (Å²) in [6, 6.07) is 12.2. The second-order valence-corrected chi connectivity index (χ2v) is 6.50. The molecular formula is C21H19F3N2O4. The third-order valence-corrected chi connectivity index (χ3v) is 4.18. The van der Waals surface area contributed by atoms with E-state index in [4.69, 9.17) is 9.26 Å². The Hall–Kier alpha value is -3.49. The summed E-state index contributed by atoms with van der Waals surface area (Å²) in [5.74, 6) is 0.840. The van der Waals surface area contributed by atoms with Crippen molar-refractivity contribution in [1.82, 2.24) is 5.16 Å². The molecule has 9 heteroatoms. The normalized spacial score (nSPS) is 11.2. The average Bonchev–Trinajstić information content (AvgIpc) is 3.02. The van der Waals surface area contributed by atoms with E-state index in [1.165, 1.54) is 18.2 Å². The van der Waals surface area contributed by atoms with E-state index in [1.807, 2.05) is 6.92 Å². The molecule has 3 aromatic rings. The fourth-order valence-corrected chi connectivity index (χ4v) is 2.60. The van der Waals surface area contributed by atoms with Crippen molar-refractivity contribution in [2.45, 2.75) is 26.6 Å². The van der Waals surface area contributed by atoms with Crippen molar-refractivity contribution in [3.05, 3.63) is 71.1 Å². The summed E-state index contributed by atoms with van der Waals surface area (Å²) >= 11 is 0. The van der Waals surface area contributed by atoms with E-state index < -0.39 is 18.7 Å². The topological polar surface area (TPSA) is 73.6 Å². The standard InChI is InChI=1S/C21H19F3N2O4/c1-13-19(14(2)30-26-13)11-28-17-8-6-15(7-9-17)20(27)25-16-4-3-5-18(10-16)29-12-21(22,23)24/h3-10H,11-12H2,1-2H3,(H,25,27). The molecule has 1 N–H and O–H groups in total. The summed E-state index contributed by atoms with van der Waals surface area (Å²) < 4.78 is 52.3. The summed E-state index contributed by atoms with van der Waals surface area (Å²) in [7, 11) is 0. The number of carbonyl (C=O) groups excluding carboxylic acids is 1. The van der Waals surface area contributed by atoms with Gasteiger partial charge in [-0.2, -0.15) is 13.2 Å². The minimum atomic E-state index is -4.44. The number of carbonyl (C=O) groups is 1. The second-order valence-electron chi connectivity index (χ2n) is 6.50. The number of alkyl halides is 3. The van der Waals surface area contributed by atoms with E-state index in [2.05, 4.69) is 15.2 Å². The van der Waals surface area contributed by atoms with Crippen LogP contribution in [0.25, 0.3) is 0 Å². The molecule has 0 unspecified atom stereocenters. The average molecular weight is 420 g/mol. The molecule has 6 nitrogen and oxygen atoms in total. The highest BCUT2D eigenvalue weighted by molar-refractivity contribution is 6.04. The van der Waals surface area contributed by atoms with Crippen molar-refractivity contribution in [3.63, 3.8) is 0 Å². The molecule has 3 rings (SSSR count). The van der Waals surface area contributed by atoms with Gasteiger partial charge in [0.25, 0.3) is 5.91 Å². The maximum absolute atomic E-state index is 12.4. The highest BCUT2D eigenvalue weighted by atomic mass is 19.4. The summed E-state index contributed by atoms with van der Waals surface area (Å²) in [5, 5.41) is 6.49. The van der Waals surface area contributed by atoms with Crippen LogP contribution >= 0.6 is 0 Å². The van der Waals surface area contributed by atoms with Gasteiger partial charge in [-0.3, -0.25) is 4.79 Å². The number of aromatic nitrogens is 1. The van der Waals surface area contributed by atoms with E-state index in [-0.39, 0.29) is 12.4 Å². The quantitative estimate of drug-likeness (QED) is 0.578. The molecule has 0 saturated carbocycles. The lowest BCUT2D eigenvalue weighted by atomic mass is 10.2. The molecule has 0 aliphatic heterocycles. The number of halogens is 3.